The molecule has 2 aliphatic rings. The van der Waals surface area contributed by atoms with Crippen LogP contribution in [0, 0.1) is 0 Å². The van der Waals surface area contributed by atoms with E-state index in [2.05, 4.69) is 31.2 Å². The van der Waals surface area contributed by atoms with Gasteiger partial charge in [-0.3, -0.25) is 0 Å². The first-order valence-corrected chi connectivity index (χ1v) is 6.38. The van der Waals surface area contributed by atoms with Gasteiger partial charge in [0.1, 0.15) is 0 Å². The fraction of sp³-hybridized carbons (Fsp3) is 0.600. The van der Waals surface area contributed by atoms with Crippen molar-refractivity contribution in [2.45, 2.75) is 56.8 Å². The second kappa shape index (κ2) is 3.37. The van der Waals surface area contributed by atoms with Crippen molar-refractivity contribution < 1.29 is 0 Å². The van der Waals surface area contributed by atoms with E-state index in [1.807, 2.05) is 0 Å². The Bertz CT molecular complexity index is 337. The van der Waals surface area contributed by atoms with Crippen molar-refractivity contribution in [2.24, 2.45) is 0 Å². The molecule has 0 nitrogen and oxygen atoms in total. The van der Waals surface area contributed by atoms with Crippen molar-refractivity contribution in [3.8, 4) is 0 Å². The monoisotopic (exact) mass is 200 g/mol. The molecule has 2 aliphatic carbocycles. The average molecular weight is 200 g/mol. The minimum Gasteiger partial charge on any atom is -0.0585 e. The van der Waals surface area contributed by atoms with Gasteiger partial charge in [0.25, 0.3) is 0 Å². The molecule has 1 aromatic carbocycles. The van der Waals surface area contributed by atoms with Gasteiger partial charge in [0.15, 0.2) is 0 Å². The Labute approximate surface area is 92.7 Å². The van der Waals surface area contributed by atoms with E-state index < -0.39 is 0 Å². The van der Waals surface area contributed by atoms with Crippen molar-refractivity contribution in [1.82, 2.24) is 0 Å². The van der Waals surface area contributed by atoms with Gasteiger partial charge in [-0.2, -0.15) is 0 Å². The lowest BCUT2D eigenvalue weighted by atomic mass is 9.81. The van der Waals surface area contributed by atoms with Crippen molar-refractivity contribution in [1.29, 1.82) is 0 Å². The van der Waals surface area contributed by atoms with Crippen LogP contribution in [0.5, 0.6) is 0 Å². The van der Waals surface area contributed by atoms with Crippen molar-refractivity contribution in [3.63, 3.8) is 0 Å². The highest BCUT2D eigenvalue weighted by Crippen LogP contribution is 2.43. The van der Waals surface area contributed by atoms with Crippen LogP contribution in [0.15, 0.2) is 24.3 Å². The molecule has 0 spiro atoms. The smallest absolute Gasteiger partial charge is 0.00752 e. The van der Waals surface area contributed by atoms with Gasteiger partial charge < -0.3 is 0 Å². The van der Waals surface area contributed by atoms with Crippen LogP contribution in [0.25, 0.3) is 0 Å². The van der Waals surface area contributed by atoms with Crippen molar-refractivity contribution in [3.05, 3.63) is 35.4 Å². The highest BCUT2D eigenvalue weighted by molar-refractivity contribution is 5.32. The maximum Gasteiger partial charge on any atom is -0.00752 e. The lowest BCUT2D eigenvalue weighted by molar-refractivity contribution is 0.491. The van der Waals surface area contributed by atoms with E-state index >= 15 is 0 Å². The molecule has 2 saturated carbocycles. The summed E-state index contributed by atoms with van der Waals surface area (Å²) in [4.78, 5) is 0. The van der Waals surface area contributed by atoms with E-state index in [9.17, 15) is 0 Å². The molecular formula is C15H20. The van der Waals surface area contributed by atoms with Gasteiger partial charge >= 0.3 is 0 Å². The molecule has 0 N–H and O–H groups in total. The second-order valence-corrected chi connectivity index (χ2v) is 5.66. The van der Waals surface area contributed by atoms with E-state index in [0.29, 0.717) is 5.41 Å². The summed E-state index contributed by atoms with van der Waals surface area (Å²) < 4.78 is 0. The Morgan fingerprint density at radius 1 is 1.00 bits per heavy atom. The minimum atomic E-state index is 0.488. The van der Waals surface area contributed by atoms with Gasteiger partial charge in [0.05, 0.1) is 0 Å². The summed E-state index contributed by atoms with van der Waals surface area (Å²) in [5, 5.41) is 0. The number of rotatable bonds is 2. The maximum atomic E-state index is 2.44. The minimum absolute atomic E-state index is 0.488. The van der Waals surface area contributed by atoms with Gasteiger partial charge in [0, 0.05) is 0 Å². The lowest BCUT2D eigenvalue weighted by Crippen LogP contribution is -2.16. The second-order valence-electron chi connectivity index (χ2n) is 5.66. The number of hydrogen-bond donors (Lipinski definition) is 0. The summed E-state index contributed by atoms with van der Waals surface area (Å²) in [6, 6.07) is 9.52. The average Bonchev–Trinajstić information content (AvgIpc) is 3.02. The molecule has 80 valence electrons. The Morgan fingerprint density at radius 3 is 2.13 bits per heavy atom. The molecule has 0 unspecified atom stereocenters. The third kappa shape index (κ3) is 1.71. The van der Waals surface area contributed by atoms with Crippen LogP contribution in [-0.4, -0.2) is 0 Å². The predicted molar refractivity (Wildman–Crippen MR) is 64.2 cm³/mol. The third-order valence-corrected chi connectivity index (χ3v) is 4.36. The van der Waals surface area contributed by atoms with E-state index in [4.69, 9.17) is 0 Å². The molecule has 0 aromatic heterocycles. The molecule has 3 rings (SSSR count). The maximum absolute atomic E-state index is 2.44. The Kier molecular flexibility index (Phi) is 2.12. The van der Waals surface area contributed by atoms with Crippen LogP contribution in [0.3, 0.4) is 0 Å². The van der Waals surface area contributed by atoms with Gasteiger partial charge in [-0.15, -0.1) is 0 Å². The molecule has 0 aliphatic heterocycles. The summed E-state index contributed by atoms with van der Waals surface area (Å²) in [5.41, 5.74) is 3.63. The summed E-state index contributed by atoms with van der Waals surface area (Å²) in [7, 11) is 0. The fourth-order valence-electron chi connectivity index (χ4n) is 3.02. The largest absolute Gasteiger partial charge is 0.0585 e. The Hall–Kier alpha value is -0.780. The zero-order valence-corrected chi connectivity index (χ0v) is 9.63. The molecular weight excluding hydrogens is 180 g/mol. The van der Waals surface area contributed by atoms with Gasteiger partial charge in [-0.25, -0.2) is 0 Å². The van der Waals surface area contributed by atoms with E-state index in [0.717, 1.165) is 5.92 Å². The van der Waals surface area contributed by atoms with E-state index in [1.165, 1.54) is 38.5 Å². The van der Waals surface area contributed by atoms with Crippen LogP contribution >= 0.6 is 0 Å². The summed E-state index contributed by atoms with van der Waals surface area (Å²) in [6.07, 6.45) is 8.43. The van der Waals surface area contributed by atoms with Crippen LogP contribution < -0.4 is 0 Å². The molecule has 0 heterocycles. The van der Waals surface area contributed by atoms with E-state index in [1.54, 1.807) is 11.1 Å². The van der Waals surface area contributed by atoms with Crippen LogP contribution in [0.2, 0.25) is 0 Å². The number of benzene rings is 1. The molecule has 0 amide bonds. The Morgan fingerprint density at radius 2 is 1.60 bits per heavy atom. The summed E-state index contributed by atoms with van der Waals surface area (Å²) in [5.74, 6) is 0.899. The number of hydrogen-bond acceptors (Lipinski definition) is 0. The topological polar surface area (TPSA) is 0 Å². The van der Waals surface area contributed by atoms with Crippen LogP contribution in [-0.2, 0) is 5.41 Å². The first kappa shape index (κ1) is 9.45. The van der Waals surface area contributed by atoms with Crippen LogP contribution in [0.1, 0.15) is 62.5 Å². The summed E-state index contributed by atoms with van der Waals surface area (Å²) in [6.45, 7) is 2.44. The zero-order valence-electron chi connectivity index (χ0n) is 9.63. The molecule has 0 heteroatoms. The van der Waals surface area contributed by atoms with Crippen molar-refractivity contribution >= 4 is 0 Å². The highest BCUT2D eigenvalue weighted by atomic mass is 14.4. The first-order chi connectivity index (χ1) is 7.28. The standard InChI is InChI=1S/C15H20/c1-15(10-2-3-11-15)14-8-6-13(7-9-14)12-4-5-12/h6-9,12H,2-5,10-11H2,1H3. The highest BCUT2D eigenvalue weighted by Gasteiger charge is 2.31. The zero-order chi connectivity index (χ0) is 10.3. The lowest BCUT2D eigenvalue weighted by Gasteiger charge is -2.24. The van der Waals surface area contributed by atoms with Gasteiger partial charge in [-0.1, -0.05) is 44.0 Å². The molecule has 15 heavy (non-hydrogen) atoms. The normalized spacial score (nSPS) is 24.3. The molecule has 0 saturated heterocycles. The van der Waals surface area contributed by atoms with Gasteiger partial charge in [-0.05, 0) is 48.1 Å². The molecule has 0 radical (unpaired) electrons. The molecule has 1 aromatic rings. The quantitative estimate of drug-likeness (QED) is 0.664. The molecule has 0 atom stereocenters. The SMILES string of the molecule is CC1(c2ccc(C3CC3)cc2)CCCC1. The first-order valence-electron chi connectivity index (χ1n) is 6.38. The Balaban J connectivity index is 1.85. The molecule has 2 fully saturated rings. The predicted octanol–water partition coefficient (Wildman–Crippen LogP) is 4.40. The third-order valence-electron chi connectivity index (χ3n) is 4.36. The van der Waals surface area contributed by atoms with Crippen molar-refractivity contribution in [2.75, 3.05) is 0 Å². The van der Waals surface area contributed by atoms with Gasteiger partial charge in [0.2, 0.25) is 0 Å². The molecule has 0 bridgehead atoms. The summed E-state index contributed by atoms with van der Waals surface area (Å²) >= 11 is 0. The fourth-order valence-corrected chi connectivity index (χ4v) is 3.02. The van der Waals surface area contributed by atoms with Crippen LogP contribution in [0.4, 0.5) is 0 Å². The van der Waals surface area contributed by atoms with E-state index in [-0.39, 0.29) is 0 Å².